The number of H-pyrrole nitrogens is 1. The van der Waals surface area contributed by atoms with Crippen LogP contribution in [0, 0.1) is 0 Å². The molecule has 3 aromatic carbocycles. The van der Waals surface area contributed by atoms with Crippen LogP contribution in [-0.2, 0) is 6.61 Å². The van der Waals surface area contributed by atoms with Gasteiger partial charge in [-0.3, -0.25) is 4.79 Å². The predicted molar refractivity (Wildman–Crippen MR) is 109 cm³/mol. The van der Waals surface area contributed by atoms with Crippen molar-refractivity contribution in [3.8, 4) is 17.1 Å². The fourth-order valence-corrected chi connectivity index (χ4v) is 3.45. The molecule has 0 aliphatic carbocycles. The second-order valence-electron chi connectivity index (χ2n) is 5.97. The molecule has 0 unspecified atom stereocenters. The van der Waals surface area contributed by atoms with E-state index in [-0.39, 0.29) is 5.56 Å². The number of nitrogens with one attached hydrogen (secondary N) is 1. The van der Waals surface area contributed by atoms with Gasteiger partial charge in [0, 0.05) is 0 Å². The van der Waals surface area contributed by atoms with E-state index >= 15 is 0 Å². The molecule has 0 saturated carbocycles. The number of nitrogens with zero attached hydrogens (tertiary/aromatic N) is 1. The molecular weight excluding hydrogens is 383 g/mol. The first-order valence-electron chi connectivity index (χ1n) is 8.27. The number of hydrogen-bond donors (Lipinski definition) is 1. The highest BCUT2D eigenvalue weighted by Gasteiger charge is 2.15. The molecule has 0 radical (unpaired) electrons. The highest BCUT2D eigenvalue weighted by molar-refractivity contribution is 6.39. The molecule has 0 atom stereocenters. The van der Waals surface area contributed by atoms with E-state index in [0.29, 0.717) is 44.7 Å². The summed E-state index contributed by atoms with van der Waals surface area (Å²) in [5, 5.41) is 1.21. The third-order valence-electron chi connectivity index (χ3n) is 4.11. The summed E-state index contributed by atoms with van der Waals surface area (Å²) in [4.78, 5) is 19.6. The number of ether oxygens (including phenoxy) is 1. The van der Waals surface area contributed by atoms with Gasteiger partial charge in [0.15, 0.2) is 0 Å². The van der Waals surface area contributed by atoms with E-state index in [1.165, 1.54) is 0 Å². The number of aromatic amines is 1. The first kappa shape index (κ1) is 17.6. The number of benzene rings is 3. The lowest BCUT2D eigenvalue weighted by Gasteiger charge is -2.11. The summed E-state index contributed by atoms with van der Waals surface area (Å²) in [6.45, 7) is 0.401. The Hall–Kier alpha value is -2.82. The number of rotatable bonds is 4. The van der Waals surface area contributed by atoms with Crippen LogP contribution in [-0.4, -0.2) is 9.97 Å². The molecule has 4 rings (SSSR count). The zero-order valence-corrected chi connectivity index (χ0v) is 15.6. The van der Waals surface area contributed by atoms with Gasteiger partial charge in [0.25, 0.3) is 5.56 Å². The minimum atomic E-state index is -0.243. The van der Waals surface area contributed by atoms with Crippen molar-refractivity contribution in [2.45, 2.75) is 6.61 Å². The molecule has 0 aliphatic rings. The van der Waals surface area contributed by atoms with Crippen molar-refractivity contribution in [1.29, 1.82) is 0 Å². The van der Waals surface area contributed by atoms with Gasteiger partial charge in [-0.05, 0) is 29.8 Å². The Morgan fingerprint density at radius 1 is 0.926 bits per heavy atom. The van der Waals surface area contributed by atoms with E-state index in [9.17, 15) is 4.79 Å². The monoisotopic (exact) mass is 396 g/mol. The van der Waals surface area contributed by atoms with Gasteiger partial charge < -0.3 is 9.72 Å². The van der Waals surface area contributed by atoms with Gasteiger partial charge in [0.2, 0.25) is 0 Å². The van der Waals surface area contributed by atoms with Crippen molar-refractivity contribution in [3.63, 3.8) is 0 Å². The van der Waals surface area contributed by atoms with Crippen molar-refractivity contribution in [2.75, 3.05) is 0 Å². The van der Waals surface area contributed by atoms with Crippen LogP contribution in [0.3, 0.4) is 0 Å². The lowest BCUT2D eigenvalue weighted by molar-refractivity contribution is 0.306. The zero-order chi connectivity index (χ0) is 18.8. The van der Waals surface area contributed by atoms with E-state index in [1.807, 2.05) is 36.4 Å². The van der Waals surface area contributed by atoms with E-state index < -0.39 is 0 Å². The Morgan fingerprint density at radius 3 is 2.33 bits per heavy atom. The maximum atomic E-state index is 12.3. The summed E-state index contributed by atoms with van der Waals surface area (Å²) < 4.78 is 5.78. The third kappa shape index (κ3) is 3.68. The Bertz CT molecular complexity index is 1150. The topological polar surface area (TPSA) is 55.0 Å². The van der Waals surface area contributed by atoms with Crippen LogP contribution in [0.5, 0.6) is 5.75 Å². The largest absolute Gasteiger partial charge is 0.489 e. The van der Waals surface area contributed by atoms with Crippen molar-refractivity contribution in [3.05, 3.63) is 92.7 Å². The van der Waals surface area contributed by atoms with Gasteiger partial charge >= 0.3 is 0 Å². The van der Waals surface area contributed by atoms with Gasteiger partial charge in [-0.25, -0.2) is 4.98 Å². The molecule has 0 spiro atoms. The van der Waals surface area contributed by atoms with E-state index in [4.69, 9.17) is 27.9 Å². The van der Waals surface area contributed by atoms with Gasteiger partial charge in [-0.1, -0.05) is 65.7 Å². The van der Waals surface area contributed by atoms with Crippen LogP contribution in [0.1, 0.15) is 5.56 Å². The normalized spacial score (nSPS) is 10.9. The van der Waals surface area contributed by atoms with Gasteiger partial charge in [-0.2, -0.15) is 0 Å². The number of para-hydroxylation sites is 1. The van der Waals surface area contributed by atoms with Crippen molar-refractivity contribution < 1.29 is 4.74 Å². The number of hydrogen-bond acceptors (Lipinski definition) is 3. The molecule has 0 saturated heterocycles. The Kier molecular flexibility index (Phi) is 4.84. The number of aromatic nitrogens is 2. The molecule has 4 aromatic rings. The molecule has 4 nitrogen and oxygen atoms in total. The van der Waals surface area contributed by atoms with Crippen molar-refractivity contribution >= 4 is 34.1 Å². The van der Waals surface area contributed by atoms with E-state index in [1.54, 1.807) is 30.3 Å². The average molecular weight is 397 g/mol. The van der Waals surface area contributed by atoms with E-state index in [2.05, 4.69) is 9.97 Å². The third-order valence-corrected chi connectivity index (χ3v) is 4.71. The highest BCUT2D eigenvalue weighted by Crippen LogP contribution is 2.36. The molecule has 6 heteroatoms. The Morgan fingerprint density at radius 2 is 1.59 bits per heavy atom. The molecule has 1 N–H and O–H groups in total. The lowest BCUT2D eigenvalue weighted by atomic mass is 10.1. The van der Waals surface area contributed by atoms with Crippen molar-refractivity contribution in [2.24, 2.45) is 0 Å². The molecule has 0 fully saturated rings. The second-order valence-corrected chi connectivity index (χ2v) is 6.78. The molecular formula is C21H14Cl2N2O2. The molecule has 1 heterocycles. The fourth-order valence-electron chi connectivity index (χ4n) is 2.81. The molecule has 134 valence electrons. The Balaban J connectivity index is 1.69. The maximum Gasteiger partial charge on any atom is 0.259 e. The first-order valence-corrected chi connectivity index (χ1v) is 9.02. The average Bonchev–Trinajstić information content (AvgIpc) is 2.67. The molecule has 0 bridgehead atoms. The van der Waals surface area contributed by atoms with Crippen LogP contribution in [0.15, 0.2) is 71.5 Å². The zero-order valence-electron chi connectivity index (χ0n) is 14.1. The fraction of sp³-hybridized carbons (Fsp3) is 0.0476. The second kappa shape index (κ2) is 7.43. The summed E-state index contributed by atoms with van der Waals surface area (Å²) in [5.41, 5.74) is 1.84. The van der Waals surface area contributed by atoms with Gasteiger partial charge in [-0.15, -0.1) is 0 Å². The minimum absolute atomic E-state index is 0.243. The summed E-state index contributed by atoms with van der Waals surface area (Å²) in [6, 6.07) is 20.2. The summed E-state index contributed by atoms with van der Waals surface area (Å²) in [5.74, 6) is 0.865. The van der Waals surface area contributed by atoms with E-state index in [0.717, 1.165) is 5.56 Å². The summed E-state index contributed by atoms with van der Waals surface area (Å²) in [6.07, 6.45) is 0. The highest BCUT2D eigenvalue weighted by atomic mass is 35.5. The van der Waals surface area contributed by atoms with Crippen LogP contribution in [0.4, 0.5) is 0 Å². The van der Waals surface area contributed by atoms with Crippen LogP contribution in [0.2, 0.25) is 10.0 Å². The predicted octanol–water partition coefficient (Wildman–Crippen LogP) is 5.48. The number of halogens is 2. The molecule has 1 aromatic heterocycles. The standard InChI is InChI=1S/C21H14Cl2N2O2/c22-16-10-14(27-12-13-6-2-1-3-7-13)11-17(23)19(16)20-24-18-9-5-4-8-15(18)21(26)25-20/h1-11H,12H2,(H,24,25,26). The maximum absolute atomic E-state index is 12.3. The molecule has 0 aliphatic heterocycles. The van der Waals surface area contributed by atoms with Gasteiger partial charge in [0.05, 0.1) is 26.5 Å². The van der Waals surface area contributed by atoms with Crippen molar-refractivity contribution in [1.82, 2.24) is 9.97 Å². The SMILES string of the molecule is O=c1[nH]c(-c2c(Cl)cc(OCc3ccccc3)cc2Cl)nc2ccccc12. The quantitative estimate of drug-likeness (QED) is 0.497. The van der Waals surface area contributed by atoms with Crippen LogP contribution in [0.25, 0.3) is 22.3 Å². The number of fused-ring (bicyclic) bond motifs is 1. The minimum Gasteiger partial charge on any atom is -0.489 e. The lowest BCUT2D eigenvalue weighted by Crippen LogP contribution is -2.09. The van der Waals surface area contributed by atoms with Gasteiger partial charge in [0.1, 0.15) is 18.2 Å². The smallest absolute Gasteiger partial charge is 0.259 e. The summed E-state index contributed by atoms with van der Waals surface area (Å²) >= 11 is 12.9. The van der Waals surface area contributed by atoms with Crippen LogP contribution < -0.4 is 10.3 Å². The Labute approximate surface area is 165 Å². The molecule has 27 heavy (non-hydrogen) atoms. The summed E-state index contributed by atoms with van der Waals surface area (Å²) in [7, 11) is 0. The van der Waals surface area contributed by atoms with Crippen LogP contribution >= 0.6 is 23.2 Å². The first-order chi connectivity index (χ1) is 13.1. The molecule has 0 amide bonds.